The van der Waals surface area contributed by atoms with E-state index in [0.717, 1.165) is 25.9 Å². The van der Waals surface area contributed by atoms with Crippen molar-refractivity contribution in [2.45, 2.75) is 25.8 Å². The molecule has 98 valence electrons. The van der Waals surface area contributed by atoms with Crippen molar-refractivity contribution in [2.24, 2.45) is 0 Å². The van der Waals surface area contributed by atoms with Crippen LogP contribution in [0, 0.1) is 0 Å². The van der Waals surface area contributed by atoms with Crippen molar-refractivity contribution < 1.29 is 4.79 Å². The molecule has 1 aromatic heterocycles. The minimum atomic E-state index is -0.295. The van der Waals surface area contributed by atoms with Crippen LogP contribution in [0.4, 0.5) is 0 Å². The fraction of sp³-hybridized carbons (Fsp3) is 0.583. The molecule has 2 N–H and O–H groups in total. The van der Waals surface area contributed by atoms with Gasteiger partial charge in [-0.2, -0.15) is 5.10 Å². The van der Waals surface area contributed by atoms with Crippen molar-refractivity contribution in [2.75, 3.05) is 19.6 Å². The minimum Gasteiger partial charge on any atom is -0.333 e. The van der Waals surface area contributed by atoms with Crippen LogP contribution in [0.2, 0.25) is 0 Å². The molecule has 0 aromatic carbocycles. The SMILES string of the molecule is CCCN(C(=O)c1ccc(=O)[nH]n1)C1CCNC1. The molecule has 2 rings (SSSR count). The summed E-state index contributed by atoms with van der Waals surface area (Å²) in [5, 5.41) is 9.36. The molecule has 0 spiro atoms. The lowest BCUT2D eigenvalue weighted by Gasteiger charge is -2.27. The van der Waals surface area contributed by atoms with Crippen LogP contribution < -0.4 is 10.9 Å². The van der Waals surface area contributed by atoms with Crippen molar-refractivity contribution in [3.05, 3.63) is 28.2 Å². The van der Waals surface area contributed by atoms with Gasteiger partial charge in [0.15, 0.2) is 0 Å². The predicted molar refractivity (Wildman–Crippen MR) is 67.5 cm³/mol. The highest BCUT2D eigenvalue weighted by Crippen LogP contribution is 2.12. The van der Waals surface area contributed by atoms with E-state index in [-0.39, 0.29) is 17.5 Å². The second-order valence-electron chi connectivity index (χ2n) is 4.45. The summed E-state index contributed by atoms with van der Waals surface area (Å²) < 4.78 is 0. The Balaban J connectivity index is 2.16. The summed E-state index contributed by atoms with van der Waals surface area (Å²) in [6, 6.07) is 3.04. The lowest BCUT2D eigenvalue weighted by atomic mass is 10.2. The van der Waals surface area contributed by atoms with Crippen molar-refractivity contribution in [1.29, 1.82) is 0 Å². The molecule has 0 bridgehead atoms. The number of amides is 1. The first kappa shape index (κ1) is 12.8. The first-order valence-corrected chi connectivity index (χ1v) is 6.29. The summed E-state index contributed by atoms with van der Waals surface area (Å²) in [6.07, 6.45) is 1.88. The van der Waals surface area contributed by atoms with Gasteiger partial charge in [-0.15, -0.1) is 0 Å². The Morgan fingerprint density at radius 2 is 2.39 bits per heavy atom. The minimum absolute atomic E-state index is 0.109. The van der Waals surface area contributed by atoms with Gasteiger partial charge in [0.25, 0.3) is 11.5 Å². The molecule has 6 heteroatoms. The van der Waals surface area contributed by atoms with E-state index in [1.807, 2.05) is 11.8 Å². The summed E-state index contributed by atoms with van der Waals surface area (Å²) >= 11 is 0. The lowest BCUT2D eigenvalue weighted by molar-refractivity contribution is 0.0685. The number of carbonyl (C=O) groups excluding carboxylic acids is 1. The highest BCUT2D eigenvalue weighted by Gasteiger charge is 2.27. The zero-order valence-corrected chi connectivity index (χ0v) is 10.5. The molecule has 1 fully saturated rings. The van der Waals surface area contributed by atoms with Gasteiger partial charge in [-0.3, -0.25) is 9.59 Å². The van der Waals surface area contributed by atoms with E-state index in [4.69, 9.17) is 0 Å². The highest BCUT2D eigenvalue weighted by atomic mass is 16.2. The van der Waals surface area contributed by atoms with Crippen molar-refractivity contribution >= 4 is 5.91 Å². The van der Waals surface area contributed by atoms with E-state index in [1.54, 1.807) is 0 Å². The molecule has 0 saturated carbocycles. The van der Waals surface area contributed by atoms with E-state index in [1.165, 1.54) is 12.1 Å². The quantitative estimate of drug-likeness (QED) is 0.787. The molecule has 2 heterocycles. The number of nitrogens with one attached hydrogen (secondary N) is 2. The number of aromatic nitrogens is 2. The van der Waals surface area contributed by atoms with Crippen molar-refractivity contribution in [3.63, 3.8) is 0 Å². The molecular weight excluding hydrogens is 232 g/mol. The third kappa shape index (κ3) is 2.76. The van der Waals surface area contributed by atoms with Crippen molar-refractivity contribution in [3.8, 4) is 0 Å². The zero-order chi connectivity index (χ0) is 13.0. The standard InChI is InChI=1S/C12H18N4O2/c1-2-7-16(9-5-6-13-8-9)12(18)10-3-4-11(17)15-14-10/h3-4,9,13H,2,5-8H2,1H3,(H,15,17). The van der Waals surface area contributed by atoms with Crippen LogP contribution in [-0.2, 0) is 0 Å². The summed E-state index contributed by atoms with van der Waals surface area (Å²) in [5.74, 6) is -0.109. The summed E-state index contributed by atoms with van der Waals surface area (Å²) in [6.45, 7) is 4.53. The van der Waals surface area contributed by atoms with Gasteiger partial charge in [-0.25, -0.2) is 5.10 Å². The van der Waals surface area contributed by atoms with Crippen molar-refractivity contribution in [1.82, 2.24) is 20.4 Å². The predicted octanol–water partition coefficient (Wildman–Crippen LogP) is -0.0160. The topological polar surface area (TPSA) is 78.1 Å². The van der Waals surface area contributed by atoms with Crippen LogP contribution in [0.5, 0.6) is 0 Å². The number of H-pyrrole nitrogens is 1. The fourth-order valence-electron chi connectivity index (χ4n) is 2.21. The Kier molecular flexibility index (Phi) is 4.09. The number of aromatic amines is 1. The average Bonchev–Trinajstić information content (AvgIpc) is 2.90. The molecular formula is C12H18N4O2. The van der Waals surface area contributed by atoms with Gasteiger partial charge in [0, 0.05) is 25.2 Å². The number of carbonyl (C=O) groups is 1. The molecule has 1 atom stereocenters. The first-order chi connectivity index (χ1) is 8.72. The second kappa shape index (κ2) is 5.77. The molecule has 1 saturated heterocycles. The summed E-state index contributed by atoms with van der Waals surface area (Å²) in [5.41, 5.74) is 0.00562. The highest BCUT2D eigenvalue weighted by molar-refractivity contribution is 5.92. The maximum atomic E-state index is 12.3. The lowest BCUT2D eigenvalue weighted by Crippen LogP contribution is -2.42. The van der Waals surface area contributed by atoms with Gasteiger partial charge < -0.3 is 10.2 Å². The monoisotopic (exact) mass is 250 g/mol. The maximum Gasteiger partial charge on any atom is 0.274 e. The Labute approximate surface area is 105 Å². The van der Waals surface area contributed by atoms with E-state index in [0.29, 0.717) is 12.2 Å². The molecule has 1 aliphatic heterocycles. The number of hydrogen-bond acceptors (Lipinski definition) is 4. The van der Waals surface area contributed by atoms with Crippen LogP contribution in [0.3, 0.4) is 0 Å². The molecule has 0 aliphatic carbocycles. The van der Waals surface area contributed by atoms with Gasteiger partial charge >= 0.3 is 0 Å². The Morgan fingerprint density at radius 3 is 2.94 bits per heavy atom. The second-order valence-corrected chi connectivity index (χ2v) is 4.45. The first-order valence-electron chi connectivity index (χ1n) is 6.29. The van der Waals surface area contributed by atoms with Crippen LogP contribution >= 0.6 is 0 Å². The van der Waals surface area contributed by atoms with Gasteiger partial charge in [-0.05, 0) is 25.5 Å². The number of rotatable bonds is 4. The maximum absolute atomic E-state index is 12.3. The molecule has 1 unspecified atom stereocenters. The van der Waals surface area contributed by atoms with Crippen LogP contribution in [-0.4, -0.2) is 46.7 Å². The normalized spacial score (nSPS) is 18.8. The Morgan fingerprint density at radius 1 is 1.56 bits per heavy atom. The van der Waals surface area contributed by atoms with Gasteiger partial charge in [0.2, 0.25) is 0 Å². The third-order valence-electron chi connectivity index (χ3n) is 3.10. The van der Waals surface area contributed by atoms with E-state index >= 15 is 0 Å². The van der Waals surface area contributed by atoms with Crippen LogP contribution in [0.25, 0.3) is 0 Å². The van der Waals surface area contributed by atoms with Gasteiger partial charge in [0.05, 0.1) is 0 Å². The van der Waals surface area contributed by atoms with E-state index < -0.39 is 0 Å². The molecule has 0 radical (unpaired) electrons. The van der Waals surface area contributed by atoms with Crippen LogP contribution in [0.1, 0.15) is 30.3 Å². The largest absolute Gasteiger partial charge is 0.333 e. The third-order valence-corrected chi connectivity index (χ3v) is 3.10. The van der Waals surface area contributed by atoms with E-state index in [9.17, 15) is 9.59 Å². The molecule has 1 amide bonds. The van der Waals surface area contributed by atoms with E-state index in [2.05, 4.69) is 15.5 Å². The summed E-state index contributed by atoms with van der Waals surface area (Å²) in [4.78, 5) is 25.1. The van der Waals surface area contributed by atoms with Gasteiger partial charge in [0.1, 0.15) is 5.69 Å². The fourth-order valence-corrected chi connectivity index (χ4v) is 2.21. The number of nitrogens with zero attached hydrogens (tertiary/aromatic N) is 2. The Bertz CT molecular complexity index is 445. The van der Waals surface area contributed by atoms with Gasteiger partial charge in [-0.1, -0.05) is 6.92 Å². The average molecular weight is 250 g/mol. The zero-order valence-electron chi connectivity index (χ0n) is 10.5. The Hall–Kier alpha value is -1.69. The number of hydrogen-bond donors (Lipinski definition) is 2. The molecule has 1 aromatic rings. The molecule has 6 nitrogen and oxygen atoms in total. The molecule has 1 aliphatic rings. The summed E-state index contributed by atoms with van der Waals surface area (Å²) in [7, 11) is 0. The smallest absolute Gasteiger partial charge is 0.274 e. The van der Waals surface area contributed by atoms with Crippen LogP contribution in [0.15, 0.2) is 16.9 Å². The molecule has 18 heavy (non-hydrogen) atoms.